The standard InChI is InChI=1S/C14H18Br2N2O2/c1-3-14(4-5-17-8-14)13(19)18-11-7-12(20-2)10(16)6-9(11)15/h6-7,17H,3-5,8H2,1-2H3,(H,18,19). The first kappa shape index (κ1) is 15.8. The van der Waals surface area contributed by atoms with E-state index in [-0.39, 0.29) is 11.3 Å². The van der Waals surface area contributed by atoms with Crippen LogP contribution in [-0.2, 0) is 4.79 Å². The molecule has 0 aliphatic carbocycles. The minimum absolute atomic E-state index is 0.0649. The van der Waals surface area contributed by atoms with Gasteiger partial charge in [0.1, 0.15) is 5.75 Å². The summed E-state index contributed by atoms with van der Waals surface area (Å²) in [5.41, 5.74) is 0.425. The Balaban J connectivity index is 2.23. The maximum absolute atomic E-state index is 12.6. The molecule has 1 heterocycles. The van der Waals surface area contributed by atoms with Gasteiger partial charge in [0, 0.05) is 17.1 Å². The number of methoxy groups -OCH3 is 1. The van der Waals surface area contributed by atoms with Gasteiger partial charge in [-0.1, -0.05) is 6.92 Å². The first-order valence-corrected chi connectivity index (χ1v) is 8.16. The Hall–Kier alpha value is -0.590. The summed E-state index contributed by atoms with van der Waals surface area (Å²) in [5, 5.41) is 6.29. The summed E-state index contributed by atoms with van der Waals surface area (Å²) < 4.78 is 6.94. The lowest BCUT2D eigenvalue weighted by molar-refractivity contribution is -0.124. The molecule has 1 aromatic carbocycles. The zero-order chi connectivity index (χ0) is 14.8. The molecule has 1 aromatic rings. The molecule has 1 amide bonds. The Morgan fingerprint density at radius 2 is 2.20 bits per heavy atom. The molecule has 1 aliphatic rings. The van der Waals surface area contributed by atoms with Crippen molar-refractivity contribution >= 4 is 43.5 Å². The molecule has 0 saturated carbocycles. The van der Waals surface area contributed by atoms with Gasteiger partial charge in [0.2, 0.25) is 5.91 Å². The molecular formula is C14H18Br2N2O2. The topological polar surface area (TPSA) is 50.4 Å². The zero-order valence-corrected chi connectivity index (χ0v) is 14.7. The Morgan fingerprint density at radius 3 is 2.75 bits per heavy atom. The molecule has 1 atom stereocenters. The lowest BCUT2D eigenvalue weighted by Crippen LogP contribution is -2.37. The molecule has 1 fully saturated rings. The number of ether oxygens (including phenoxy) is 1. The number of amides is 1. The molecule has 1 unspecified atom stereocenters. The molecule has 4 nitrogen and oxygen atoms in total. The third-order valence-corrected chi connectivity index (χ3v) is 5.17. The van der Waals surface area contributed by atoms with Crippen LogP contribution in [0.15, 0.2) is 21.1 Å². The number of benzene rings is 1. The predicted octanol–water partition coefficient (Wildman–Crippen LogP) is 3.55. The van der Waals surface area contributed by atoms with Crippen LogP contribution in [0.25, 0.3) is 0 Å². The van der Waals surface area contributed by atoms with Gasteiger partial charge in [-0.2, -0.15) is 0 Å². The van der Waals surface area contributed by atoms with E-state index < -0.39 is 0 Å². The van der Waals surface area contributed by atoms with Crippen LogP contribution >= 0.6 is 31.9 Å². The Labute approximate surface area is 135 Å². The number of nitrogens with one attached hydrogen (secondary N) is 2. The average Bonchev–Trinajstić information content (AvgIpc) is 2.91. The summed E-state index contributed by atoms with van der Waals surface area (Å²) in [6.45, 7) is 3.69. The molecule has 0 aromatic heterocycles. The molecule has 1 aliphatic heterocycles. The normalized spacial score (nSPS) is 21.8. The van der Waals surface area contributed by atoms with Crippen molar-refractivity contribution < 1.29 is 9.53 Å². The van der Waals surface area contributed by atoms with E-state index in [2.05, 4.69) is 49.4 Å². The van der Waals surface area contributed by atoms with Crippen LogP contribution < -0.4 is 15.4 Å². The molecule has 1 saturated heterocycles. The fourth-order valence-electron chi connectivity index (χ4n) is 2.44. The van der Waals surface area contributed by atoms with Crippen molar-refractivity contribution in [1.82, 2.24) is 5.32 Å². The summed E-state index contributed by atoms with van der Waals surface area (Å²) in [6, 6.07) is 3.69. The quantitative estimate of drug-likeness (QED) is 0.805. The van der Waals surface area contributed by atoms with Gasteiger partial charge in [-0.3, -0.25) is 4.79 Å². The molecule has 110 valence electrons. The number of carbonyl (C=O) groups excluding carboxylic acids is 1. The van der Waals surface area contributed by atoms with E-state index in [9.17, 15) is 4.79 Å². The minimum Gasteiger partial charge on any atom is -0.495 e. The van der Waals surface area contributed by atoms with E-state index in [1.807, 2.05) is 12.1 Å². The second kappa shape index (κ2) is 6.45. The van der Waals surface area contributed by atoms with Gasteiger partial charge >= 0.3 is 0 Å². The highest BCUT2D eigenvalue weighted by Crippen LogP contribution is 2.37. The lowest BCUT2D eigenvalue weighted by Gasteiger charge is -2.25. The summed E-state index contributed by atoms with van der Waals surface area (Å²) in [6.07, 6.45) is 1.71. The molecule has 6 heteroatoms. The van der Waals surface area contributed by atoms with Crippen molar-refractivity contribution in [1.29, 1.82) is 0 Å². The number of carbonyl (C=O) groups is 1. The van der Waals surface area contributed by atoms with E-state index in [1.54, 1.807) is 7.11 Å². The Kier molecular flexibility index (Phi) is 5.09. The second-order valence-corrected chi connectivity index (χ2v) is 6.69. The van der Waals surface area contributed by atoms with Crippen LogP contribution in [0.4, 0.5) is 5.69 Å². The number of hydrogen-bond donors (Lipinski definition) is 2. The van der Waals surface area contributed by atoms with Gasteiger partial charge in [0.05, 0.1) is 22.7 Å². The number of rotatable bonds is 4. The molecule has 0 bridgehead atoms. The maximum atomic E-state index is 12.6. The molecular weight excluding hydrogens is 388 g/mol. The van der Waals surface area contributed by atoms with Gasteiger partial charge in [-0.05, 0) is 57.3 Å². The highest BCUT2D eigenvalue weighted by atomic mass is 79.9. The monoisotopic (exact) mass is 404 g/mol. The van der Waals surface area contributed by atoms with Gasteiger partial charge in [-0.15, -0.1) is 0 Å². The third kappa shape index (κ3) is 3.02. The van der Waals surface area contributed by atoms with E-state index in [4.69, 9.17) is 4.74 Å². The van der Waals surface area contributed by atoms with Crippen LogP contribution in [-0.4, -0.2) is 26.1 Å². The zero-order valence-electron chi connectivity index (χ0n) is 11.6. The fourth-order valence-corrected chi connectivity index (χ4v) is 3.69. The van der Waals surface area contributed by atoms with Crippen molar-refractivity contribution in [3.63, 3.8) is 0 Å². The van der Waals surface area contributed by atoms with Gasteiger partial charge in [0.25, 0.3) is 0 Å². The highest BCUT2D eigenvalue weighted by Gasteiger charge is 2.39. The maximum Gasteiger partial charge on any atom is 0.231 e. The number of halogens is 2. The molecule has 20 heavy (non-hydrogen) atoms. The van der Waals surface area contributed by atoms with Crippen LogP contribution in [0.2, 0.25) is 0 Å². The molecule has 2 N–H and O–H groups in total. The first-order chi connectivity index (χ1) is 9.52. The van der Waals surface area contributed by atoms with E-state index in [0.29, 0.717) is 5.75 Å². The van der Waals surface area contributed by atoms with Crippen LogP contribution in [0.5, 0.6) is 5.75 Å². The first-order valence-electron chi connectivity index (χ1n) is 6.57. The van der Waals surface area contributed by atoms with Crippen LogP contribution in [0.1, 0.15) is 19.8 Å². The lowest BCUT2D eigenvalue weighted by atomic mass is 9.83. The average molecular weight is 406 g/mol. The minimum atomic E-state index is -0.306. The largest absolute Gasteiger partial charge is 0.495 e. The predicted molar refractivity (Wildman–Crippen MR) is 87.2 cm³/mol. The van der Waals surface area contributed by atoms with Gasteiger partial charge < -0.3 is 15.4 Å². The van der Waals surface area contributed by atoms with Crippen molar-refractivity contribution in [2.75, 3.05) is 25.5 Å². The Morgan fingerprint density at radius 1 is 1.45 bits per heavy atom. The van der Waals surface area contributed by atoms with Crippen molar-refractivity contribution in [3.8, 4) is 5.75 Å². The smallest absolute Gasteiger partial charge is 0.231 e. The van der Waals surface area contributed by atoms with E-state index in [1.165, 1.54) is 0 Å². The number of hydrogen-bond acceptors (Lipinski definition) is 3. The van der Waals surface area contributed by atoms with Gasteiger partial charge in [-0.25, -0.2) is 0 Å². The summed E-state index contributed by atoms with van der Waals surface area (Å²) in [5.74, 6) is 0.758. The van der Waals surface area contributed by atoms with Crippen molar-refractivity contribution in [3.05, 3.63) is 21.1 Å². The third-order valence-electron chi connectivity index (χ3n) is 3.89. The summed E-state index contributed by atoms with van der Waals surface area (Å²) >= 11 is 6.89. The number of anilines is 1. The van der Waals surface area contributed by atoms with Crippen LogP contribution in [0, 0.1) is 5.41 Å². The molecule has 0 radical (unpaired) electrons. The summed E-state index contributed by atoms with van der Waals surface area (Å²) in [7, 11) is 1.61. The van der Waals surface area contributed by atoms with Crippen LogP contribution in [0.3, 0.4) is 0 Å². The van der Waals surface area contributed by atoms with E-state index >= 15 is 0 Å². The van der Waals surface area contributed by atoms with E-state index in [0.717, 1.165) is 40.6 Å². The summed E-state index contributed by atoms with van der Waals surface area (Å²) in [4.78, 5) is 12.6. The van der Waals surface area contributed by atoms with Crippen molar-refractivity contribution in [2.24, 2.45) is 5.41 Å². The second-order valence-electron chi connectivity index (χ2n) is 4.98. The van der Waals surface area contributed by atoms with Crippen molar-refractivity contribution in [2.45, 2.75) is 19.8 Å². The fraction of sp³-hybridized carbons (Fsp3) is 0.500. The molecule has 0 spiro atoms. The SMILES string of the molecule is CCC1(C(=O)Nc2cc(OC)c(Br)cc2Br)CCNC1. The van der Waals surface area contributed by atoms with Gasteiger partial charge in [0.15, 0.2) is 0 Å². The molecule has 2 rings (SSSR count). The Bertz CT molecular complexity index is 514. The highest BCUT2D eigenvalue weighted by molar-refractivity contribution is 9.11.